The lowest BCUT2D eigenvalue weighted by Crippen LogP contribution is -2.47. The molecule has 1 aromatic carbocycles. The van der Waals surface area contributed by atoms with E-state index in [-0.39, 0.29) is 11.1 Å². The summed E-state index contributed by atoms with van der Waals surface area (Å²) in [5.74, 6) is 0.981. The van der Waals surface area contributed by atoms with E-state index in [0.717, 1.165) is 18.8 Å². The molecule has 1 saturated heterocycles. The third-order valence-corrected chi connectivity index (χ3v) is 4.38. The number of para-hydroxylation sites is 1. The van der Waals surface area contributed by atoms with Gasteiger partial charge in [0, 0.05) is 35.8 Å². The van der Waals surface area contributed by atoms with Crippen molar-refractivity contribution in [3.8, 4) is 5.75 Å². The molecule has 1 N–H and O–H groups in total. The first-order valence-corrected chi connectivity index (χ1v) is 7.90. The van der Waals surface area contributed by atoms with Crippen molar-refractivity contribution in [2.75, 3.05) is 20.2 Å². The number of likely N-dealkylation sites (tertiary alicyclic amines) is 1. The summed E-state index contributed by atoms with van der Waals surface area (Å²) in [4.78, 5) is 2.56. The van der Waals surface area contributed by atoms with Crippen molar-refractivity contribution in [2.24, 2.45) is 0 Å². The van der Waals surface area contributed by atoms with E-state index >= 15 is 0 Å². The maximum atomic E-state index is 5.56. The molecular weight excluding hydrogens is 260 g/mol. The summed E-state index contributed by atoms with van der Waals surface area (Å²) in [5.41, 5.74) is 1.43. The summed E-state index contributed by atoms with van der Waals surface area (Å²) in [7, 11) is 1.75. The second-order valence-corrected chi connectivity index (χ2v) is 7.59. The molecule has 0 radical (unpaired) electrons. The monoisotopic (exact) mass is 290 g/mol. The van der Waals surface area contributed by atoms with Gasteiger partial charge in [0.2, 0.25) is 0 Å². The quantitative estimate of drug-likeness (QED) is 0.920. The van der Waals surface area contributed by atoms with E-state index in [9.17, 15) is 0 Å². The Morgan fingerprint density at radius 3 is 2.43 bits per heavy atom. The lowest BCUT2D eigenvalue weighted by Gasteiger charge is -2.37. The van der Waals surface area contributed by atoms with Crippen LogP contribution in [0, 0.1) is 0 Å². The fraction of sp³-hybridized carbons (Fsp3) is 0.667. The fourth-order valence-electron chi connectivity index (χ4n) is 3.32. The predicted octanol–water partition coefficient (Wildman–Crippen LogP) is 3.39. The number of rotatable bonds is 4. The summed E-state index contributed by atoms with van der Waals surface area (Å²) in [6, 6.07) is 8.94. The fourth-order valence-corrected chi connectivity index (χ4v) is 3.32. The SMILES string of the molecule is COc1ccccc1C(C)(C)N1CC[C@@H](NC(C)(C)C)C1. The minimum Gasteiger partial charge on any atom is -0.496 e. The topological polar surface area (TPSA) is 24.5 Å². The van der Waals surface area contributed by atoms with Gasteiger partial charge in [0.05, 0.1) is 7.11 Å². The molecule has 3 heteroatoms. The molecule has 1 aromatic rings. The summed E-state index contributed by atoms with van der Waals surface area (Å²) in [6.07, 6.45) is 1.20. The molecular formula is C18H30N2O. The first-order chi connectivity index (χ1) is 9.74. The van der Waals surface area contributed by atoms with E-state index in [4.69, 9.17) is 4.74 Å². The van der Waals surface area contributed by atoms with E-state index < -0.39 is 0 Å². The van der Waals surface area contributed by atoms with Crippen LogP contribution in [0.5, 0.6) is 5.75 Å². The summed E-state index contributed by atoms with van der Waals surface area (Å²) >= 11 is 0. The zero-order valence-corrected chi connectivity index (χ0v) is 14.4. The highest BCUT2D eigenvalue weighted by molar-refractivity contribution is 5.38. The standard InChI is InChI=1S/C18H30N2O/c1-17(2,3)19-14-11-12-20(13-14)18(4,5)15-9-7-8-10-16(15)21-6/h7-10,14,19H,11-13H2,1-6H3/t14-/m1/s1. The lowest BCUT2D eigenvalue weighted by atomic mass is 9.91. The molecule has 2 rings (SSSR count). The molecule has 0 unspecified atom stereocenters. The van der Waals surface area contributed by atoms with Gasteiger partial charge in [-0.05, 0) is 47.1 Å². The third kappa shape index (κ3) is 3.78. The second kappa shape index (κ2) is 5.98. The van der Waals surface area contributed by atoms with Gasteiger partial charge in [-0.2, -0.15) is 0 Å². The van der Waals surface area contributed by atoms with Crippen molar-refractivity contribution in [3.05, 3.63) is 29.8 Å². The Kier molecular flexibility index (Phi) is 4.64. The van der Waals surface area contributed by atoms with Crippen LogP contribution in [0.4, 0.5) is 0 Å². The van der Waals surface area contributed by atoms with Crippen molar-refractivity contribution in [2.45, 2.75) is 58.2 Å². The van der Waals surface area contributed by atoms with Crippen molar-refractivity contribution < 1.29 is 4.74 Å². The van der Waals surface area contributed by atoms with Crippen LogP contribution in [0.1, 0.15) is 46.6 Å². The maximum Gasteiger partial charge on any atom is 0.123 e. The number of nitrogens with zero attached hydrogens (tertiary/aromatic N) is 1. The van der Waals surface area contributed by atoms with Crippen LogP contribution in [0.25, 0.3) is 0 Å². The highest BCUT2D eigenvalue weighted by atomic mass is 16.5. The van der Waals surface area contributed by atoms with Crippen molar-refractivity contribution >= 4 is 0 Å². The molecule has 21 heavy (non-hydrogen) atoms. The van der Waals surface area contributed by atoms with E-state index in [1.54, 1.807) is 7.11 Å². The number of methoxy groups -OCH3 is 1. The van der Waals surface area contributed by atoms with Gasteiger partial charge in [-0.3, -0.25) is 4.90 Å². The smallest absolute Gasteiger partial charge is 0.123 e. The lowest BCUT2D eigenvalue weighted by molar-refractivity contribution is 0.145. The number of nitrogens with one attached hydrogen (secondary N) is 1. The summed E-state index contributed by atoms with van der Waals surface area (Å²) < 4.78 is 5.56. The van der Waals surface area contributed by atoms with Crippen LogP contribution in [0.2, 0.25) is 0 Å². The molecule has 0 saturated carbocycles. The Bertz CT molecular complexity index is 476. The minimum absolute atomic E-state index is 0.0130. The van der Waals surface area contributed by atoms with Gasteiger partial charge in [-0.15, -0.1) is 0 Å². The molecule has 0 spiro atoms. The average molecular weight is 290 g/mol. The normalized spacial score (nSPS) is 20.8. The Labute approximate surface area is 129 Å². The second-order valence-electron chi connectivity index (χ2n) is 7.59. The van der Waals surface area contributed by atoms with Crippen LogP contribution in [0.15, 0.2) is 24.3 Å². The largest absolute Gasteiger partial charge is 0.496 e. The molecule has 0 aliphatic carbocycles. The zero-order valence-electron chi connectivity index (χ0n) is 14.4. The Hall–Kier alpha value is -1.06. The van der Waals surface area contributed by atoms with Crippen molar-refractivity contribution in [3.63, 3.8) is 0 Å². The average Bonchev–Trinajstić information content (AvgIpc) is 2.85. The molecule has 0 bridgehead atoms. The van der Waals surface area contributed by atoms with Gasteiger partial charge < -0.3 is 10.1 Å². The Morgan fingerprint density at radius 2 is 1.81 bits per heavy atom. The van der Waals surface area contributed by atoms with E-state index in [1.807, 2.05) is 6.07 Å². The van der Waals surface area contributed by atoms with Gasteiger partial charge in [-0.25, -0.2) is 0 Å². The highest BCUT2D eigenvalue weighted by Crippen LogP contribution is 2.36. The maximum absolute atomic E-state index is 5.56. The molecule has 1 fully saturated rings. The first-order valence-electron chi connectivity index (χ1n) is 7.90. The number of hydrogen-bond donors (Lipinski definition) is 1. The Morgan fingerprint density at radius 1 is 1.14 bits per heavy atom. The Balaban J connectivity index is 2.14. The van der Waals surface area contributed by atoms with E-state index in [0.29, 0.717) is 6.04 Å². The zero-order chi connectivity index (χ0) is 15.7. The van der Waals surface area contributed by atoms with Crippen LogP contribution < -0.4 is 10.1 Å². The van der Waals surface area contributed by atoms with Crippen molar-refractivity contribution in [1.29, 1.82) is 0 Å². The number of ether oxygens (including phenoxy) is 1. The minimum atomic E-state index is -0.0130. The molecule has 1 aliphatic rings. The van der Waals surface area contributed by atoms with Crippen LogP contribution >= 0.6 is 0 Å². The van der Waals surface area contributed by atoms with Gasteiger partial charge in [-0.1, -0.05) is 18.2 Å². The molecule has 1 heterocycles. The van der Waals surface area contributed by atoms with Crippen LogP contribution in [-0.2, 0) is 5.54 Å². The molecule has 0 aromatic heterocycles. The summed E-state index contributed by atoms with van der Waals surface area (Å²) in [5, 5.41) is 3.73. The van der Waals surface area contributed by atoms with Crippen LogP contribution in [-0.4, -0.2) is 36.7 Å². The first kappa shape index (κ1) is 16.3. The van der Waals surface area contributed by atoms with Crippen molar-refractivity contribution in [1.82, 2.24) is 10.2 Å². The molecule has 1 aliphatic heterocycles. The predicted molar refractivity (Wildman–Crippen MR) is 88.9 cm³/mol. The molecule has 3 nitrogen and oxygen atoms in total. The van der Waals surface area contributed by atoms with E-state index in [2.05, 4.69) is 63.0 Å². The van der Waals surface area contributed by atoms with Crippen LogP contribution in [0.3, 0.4) is 0 Å². The number of benzene rings is 1. The van der Waals surface area contributed by atoms with E-state index in [1.165, 1.54) is 12.0 Å². The van der Waals surface area contributed by atoms with Gasteiger partial charge in [0.25, 0.3) is 0 Å². The number of hydrogen-bond acceptors (Lipinski definition) is 3. The van der Waals surface area contributed by atoms with Gasteiger partial charge in [0.1, 0.15) is 5.75 Å². The molecule has 118 valence electrons. The summed E-state index contributed by atoms with van der Waals surface area (Å²) in [6.45, 7) is 13.5. The molecule has 1 atom stereocenters. The highest BCUT2D eigenvalue weighted by Gasteiger charge is 2.37. The molecule has 0 amide bonds. The van der Waals surface area contributed by atoms with Gasteiger partial charge >= 0.3 is 0 Å². The third-order valence-electron chi connectivity index (χ3n) is 4.38. The van der Waals surface area contributed by atoms with Gasteiger partial charge in [0.15, 0.2) is 0 Å².